The van der Waals surface area contributed by atoms with Crippen molar-refractivity contribution in [3.63, 3.8) is 0 Å². The van der Waals surface area contributed by atoms with E-state index in [2.05, 4.69) is 15.3 Å². The number of urea groups is 1. The Balaban J connectivity index is 1.51. The number of fused-ring (bicyclic) bond motifs is 1. The first-order chi connectivity index (χ1) is 13.1. The van der Waals surface area contributed by atoms with Gasteiger partial charge in [-0.1, -0.05) is 18.2 Å². The lowest BCUT2D eigenvalue weighted by molar-refractivity contribution is 0.206. The second-order valence-corrected chi connectivity index (χ2v) is 6.23. The molecule has 0 unspecified atom stereocenters. The summed E-state index contributed by atoms with van der Waals surface area (Å²) in [4.78, 5) is 21.6. The van der Waals surface area contributed by atoms with Crippen LogP contribution in [0.2, 0.25) is 0 Å². The summed E-state index contributed by atoms with van der Waals surface area (Å²) in [5.41, 5.74) is 2.93. The number of hydrogen-bond donors (Lipinski definition) is 2. The number of H-pyrrole nitrogens is 1. The predicted octanol–water partition coefficient (Wildman–Crippen LogP) is 2.96. The molecule has 0 spiro atoms. The number of aromatic nitrogens is 2. The van der Waals surface area contributed by atoms with Crippen molar-refractivity contribution < 1.29 is 14.3 Å². The van der Waals surface area contributed by atoms with Crippen LogP contribution in [0.3, 0.4) is 0 Å². The van der Waals surface area contributed by atoms with Crippen LogP contribution in [-0.2, 0) is 13.0 Å². The highest BCUT2D eigenvalue weighted by Gasteiger charge is 2.11. The van der Waals surface area contributed by atoms with Gasteiger partial charge in [0, 0.05) is 13.6 Å². The van der Waals surface area contributed by atoms with Gasteiger partial charge in [0.05, 0.1) is 31.8 Å². The summed E-state index contributed by atoms with van der Waals surface area (Å²) in [5.74, 6) is 2.13. The number of aromatic amines is 1. The van der Waals surface area contributed by atoms with Gasteiger partial charge in [-0.3, -0.25) is 0 Å². The quantitative estimate of drug-likeness (QED) is 0.672. The molecule has 7 heteroatoms. The highest BCUT2D eigenvalue weighted by Crippen LogP contribution is 2.27. The zero-order chi connectivity index (χ0) is 19.2. The number of carbonyl (C=O) groups excluding carboxylic acids is 1. The number of benzene rings is 2. The van der Waals surface area contributed by atoms with Gasteiger partial charge in [0.25, 0.3) is 0 Å². The van der Waals surface area contributed by atoms with Crippen molar-refractivity contribution in [2.75, 3.05) is 27.8 Å². The molecule has 7 nitrogen and oxygen atoms in total. The van der Waals surface area contributed by atoms with Crippen LogP contribution in [0.25, 0.3) is 11.0 Å². The van der Waals surface area contributed by atoms with E-state index in [-0.39, 0.29) is 6.03 Å². The first-order valence-electron chi connectivity index (χ1n) is 8.74. The molecule has 142 valence electrons. The molecule has 27 heavy (non-hydrogen) atoms. The second kappa shape index (κ2) is 8.44. The van der Waals surface area contributed by atoms with Crippen molar-refractivity contribution >= 4 is 17.1 Å². The van der Waals surface area contributed by atoms with E-state index in [4.69, 9.17) is 9.47 Å². The lowest BCUT2D eigenvalue weighted by Crippen LogP contribution is -2.38. The van der Waals surface area contributed by atoms with Crippen LogP contribution in [0, 0.1) is 0 Å². The lowest BCUT2D eigenvalue weighted by atomic mass is 10.1. The predicted molar refractivity (Wildman–Crippen MR) is 104 cm³/mol. The monoisotopic (exact) mass is 368 g/mol. The Hall–Kier alpha value is -3.22. The summed E-state index contributed by atoms with van der Waals surface area (Å²) in [5, 5.41) is 2.92. The lowest BCUT2D eigenvalue weighted by Gasteiger charge is -2.17. The molecule has 0 aliphatic rings. The van der Waals surface area contributed by atoms with Gasteiger partial charge in [0.1, 0.15) is 5.82 Å². The Morgan fingerprint density at radius 2 is 1.93 bits per heavy atom. The van der Waals surface area contributed by atoms with E-state index in [1.165, 1.54) is 0 Å². The largest absolute Gasteiger partial charge is 0.493 e. The van der Waals surface area contributed by atoms with E-state index >= 15 is 0 Å². The third kappa shape index (κ3) is 4.49. The molecule has 0 bridgehead atoms. The zero-order valence-corrected chi connectivity index (χ0v) is 15.8. The molecule has 2 aromatic carbocycles. The summed E-state index contributed by atoms with van der Waals surface area (Å²) in [7, 11) is 4.96. The Morgan fingerprint density at radius 1 is 1.15 bits per heavy atom. The van der Waals surface area contributed by atoms with Crippen molar-refractivity contribution in [2.45, 2.75) is 13.0 Å². The van der Waals surface area contributed by atoms with Gasteiger partial charge in [-0.15, -0.1) is 0 Å². The van der Waals surface area contributed by atoms with Gasteiger partial charge in [0.15, 0.2) is 11.5 Å². The summed E-state index contributed by atoms with van der Waals surface area (Å²) in [6.45, 7) is 0.940. The van der Waals surface area contributed by atoms with E-state index in [1.54, 1.807) is 26.2 Å². The number of nitrogens with one attached hydrogen (secondary N) is 2. The van der Waals surface area contributed by atoms with E-state index in [0.717, 1.165) is 22.4 Å². The number of rotatable bonds is 7. The van der Waals surface area contributed by atoms with E-state index < -0.39 is 0 Å². The van der Waals surface area contributed by atoms with Gasteiger partial charge >= 0.3 is 6.03 Å². The average molecular weight is 368 g/mol. The second-order valence-electron chi connectivity index (χ2n) is 6.23. The Labute approximate surface area is 158 Å². The Kier molecular flexibility index (Phi) is 5.80. The molecule has 1 aromatic heterocycles. The third-order valence-corrected chi connectivity index (χ3v) is 4.31. The number of ether oxygens (including phenoxy) is 2. The molecule has 2 N–H and O–H groups in total. The number of amides is 2. The molecule has 0 saturated carbocycles. The van der Waals surface area contributed by atoms with Gasteiger partial charge in [-0.05, 0) is 36.2 Å². The van der Waals surface area contributed by atoms with Crippen molar-refractivity contribution in [1.29, 1.82) is 0 Å². The molecule has 0 aliphatic carbocycles. The molecule has 0 saturated heterocycles. The highest BCUT2D eigenvalue weighted by molar-refractivity contribution is 5.76. The number of para-hydroxylation sites is 2. The summed E-state index contributed by atoms with van der Waals surface area (Å²) < 4.78 is 10.5. The zero-order valence-electron chi connectivity index (χ0n) is 15.8. The fraction of sp³-hybridized carbons (Fsp3) is 0.300. The highest BCUT2D eigenvalue weighted by atomic mass is 16.5. The van der Waals surface area contributed by atoms with Gasteiger partial charge < -0.3 is 24.7 Å². The van der Waals surface area contributed by atoms with Crippen molar-refractivity contribution in [3.05, 3.63) is 53.9 Å². The maximum atomic E-state index is 12.3. The smallest absolute Gasteiger partial charge is 0.317 e. The molecule has 0 radical (unpaired) electrons. The first kappa shape index (κ1) is 18.6. The molecule has 3 aromatic rings. The number of methoxy groups -OCH3 is 2. The van der Waals surface area contributed by atoms with Gasteiger partial charge in [-0.2, -0.15) is 0 Å². The molecule has 1 heterocycles. The molecule has 0 aliphatic heterocycles. The number of carbonyl (C=O) groups is 1. The maximum Gasteiger partial charge on any atom is 0.317 e. The fourth-order valence-electron chi connectivity index (χ4n) is 2.86. The van der Waals surface area contributed by atoms with E-state index in [0.29, 0.717) is 31.0 Å². The molecule has 2 amide bonds. The molecular weight excluding hydrogens is 344 g/mol. The third-order valence-electron chi connectivity index (χ3n) is 4.31. The first-order valence-corrected chi connectivity index (χ1v) is 8.74. The van der Waals surface area contributed by atoms with Crippen LogP contribution in [0.5, 0.6) is 11.5 Å². The summed E-state index contributed by atoms with van der Waals surface area (Å²) in [6.07, 6.45) is 0.699. The van der Waals surface area contributed by atoms with E-state index in [9.17, 15) is 4.79 Å². The van der Waals surface area contributed by atoms with Crippen LogP contribution in [0.15, 0.2) is 42.5 Å². The summed E-state index contributed by atoms with van der Waals surface area (Å²) in [6, 6.07) is 13.4. The number of nitrogens with zero attached hydrogens (tertiary/aromatic N) is 2. The molecule has 3 rings (SSSR count). The minimum absolute atomic E-state index is 0.143. The fourth-order valence-corrected chi connectivity index (χ4v) is 2.86. The van der Waals surface area contributed by atoms with Crippen LogP contribution in [-0.4, -0.2) is 48.7 Å². The van der Waals surface area contributed by atoms with Crippen LogP contribution < -0.4 is 14.8 Å². The minimum Gasteiger partial charge on any atom is -0.493 e. The van der Waals surface area contributed by atoms with Crippen molar-refractivity contribution in [3.8, 4) is 11.5 Å². The normalized spacial score (nSPS) is 10.6. The van der Waals surface area contributed by atoms with Gasteiger partial charge in [0.2, 0.25) is 0 Å². The topological polar surface area (TPSA) is 79.5 Å². The van der Waals surface area contributed by atoms with Crippen LogP contribution in [0.4, 0.5) is 4.79 Å². The van der Waals surface area contributed by atoms with Gasteiger partial charge in [-0.25, -0.2) is 9.78 Å². The maximum absolute atomic E-state index is 12.3. The summed E-state index contributed by atoms with van der Waals surface area (Å²) >= 11 is 0. The minimum atomic E-state index is -0.143. The van der Waals surface area contributed by atoms with Crippen LogP contribution >= 0.6 is 0 Å². The molecule has 0 fully saturated rings. The molecule has 0 atom stereocenters. The Morgan fingerprint density at radius 3 is 2.67 bits per heavy atom. The van der Waals surface area contributed by atoms with E-state index in [1.807, 2.05) is 42.5 Å². The van der Waals surface area contributed by atoms with Crippen molar-refractivity contribution in [2.24, 2.45) is 0 Å². The SMILES string of the molecule is COc1ccc(CCNC(=O)N(C)Cc2nc3ccccc3[nH]2)cc1OC. The molecular formula is C20H24N4O3. The average Bonchev–Trinajstić information content (AvgIpc) is 3.09. The van der Waals surface area contributed by atoms with Crippen LogP contribution in [0.1, 0.15) is 11.4 Å². The number of hydrogen-bond acceptors (Lipinski definition) is 4. The number of imidazole rings is 1. The Bertz CT molecular complexity index is 889. The van der Waals surface area contributed by atoms with Crippen molar-refractivity contribution in [1.82, 2.24) is 20.2 Å². The standard InChI is InChI=1S/C20H24N4O3/c1-24(13-19-22-15-6-4-5-7-16(15)23-19)20(25)21-11-10-14-8-9-17(26-2)18(12-14)27-3/h4-9,12H,10-11,13H2,1-3H3,(H,21,25)(H,22,23).